The van der Waals surface area contributed by atoms with Gasteiger partial charge in [0.1, 0.15) is 5.60 Å². The summed E-state index contributed by atoms with van der Waals surface area (Å²) in [6.07, 6.45) is 1.81. The zero-order valence-electron chi connectivity index (χ0n) is 9.31. The first-order valence-corrected chi connectivity index (χ1v) is 5.05. The third-order valence-corrected chi connectivity index (χ3v) is 3.57. The molecule has 0 aromatic rings. The summed E-state index contributed by atoms with van der Waals surface area (Å²) in [5, 5.41) is 0. The van der Waals surface area contributed by atoms with E-state index in [1.807, 2.05) is 27.7 Å². The third-order valence-electron chi connectivity index (χ3n) is 3.57. The maximum Gasteiger partial charge on any atom is 0.312 e. The summed E-state index contributed by atoms with van der Waals surface area (Å²) >= 11 is 0. The molecule has 13 heavy (non-hydrogen) atoms. The topological polar surface area (TPSA) is 26.3 Å². The zero-order valence-corrected chi connectivity index (χ0v) is 9.31. The van der Waals surface area contributed by atoms with Crippen LogP contribution in [0.5, 0.6) is 0 Å². The Bertz CT molecular complexity index is 220. The van der Waals surface area contributed by atoms with E-state index in [9.17, 15) is 4.79 Å². The Morgan fingerprint density at radius 1 is 1.46 bits per heavy atom. The molecule has 1 heterocycles. The molecule has 2 atom stereocenters. The molecular weight excluding hydrogens is 164 g/mol. The average Bonchev–Trinajstić information content (AvgIpc) is 2.01. The van der Waals surface area contributed by atoms with Crippen LogP contribution in [0.2, 0.25) is 0 Å². The van der Waals surface area contributed by atoms with Gasteiger partial charge in [-0.05, 0) is 39.5 Å². The quantitative estimate of drug-likeness (QED) is 0.586. The molecule has 0 aromatic heterocycles. The summed E-state index contributed by atoms with van der Waals surface area (Å²) in [7, 11) is 0. The van der Waals surface area contributed by atoms with Crippen molar-refractivity contribution in [1.82, 2.24) is 0 Å². The van der Waals surface area contributed by atoms with Gasteiger partial charge in [-0.3, -0.25) is 4.79 Å². The lowest BCUT2D eigenvalue weighted by Crippen LogP contribution is -2.48. The highest BCUT2D eigenvalue weighted by Crippen LogP contribution is 2.42. The molecule has 0 saturated carbocycles. The summed E-state index contributed by atoms with van der Waals surface area (Å²) in [5.41, 5.74) is -0.541. The second-order valence-electron chi connectivity index (χ2n) is 5.01. The monoisotopic (exact) mass is 184 g/mol. The van der Waals surface area contributed by atoms with Crippen LogP contribution in [0.3, 0.4) is 0 Å². The van der Waals surface area contributed by atoms with E-state index in [4.69, 9.17) is 4.74 Å². The van der Waals surface area contributed by atoms with Crippen molar-refractivity contribution in [3.8, 4) is 0 Å². The van der Waals surface area contributed by atoms with Crippen molar-refractivity contribution in [2.24, 2.45) is 11.3 Å². The zero-order chi connectivity index (χ0) is 10.3. The second kappa shape index (κ2) is 3.00. The first-order chi connectivity index (χ1) is 5.82. The Kier molecular flexibility index (Phi) is 2.44. The minimum atomic E-state index is -0.286. The molecule has 0 radical (unpaired) electrons. The van der Waals surface area contributed by atoms with Gasteiger partial charge in [0.25, 0.3) is 0 Å². The Morgan fingerprint density at radius 3 is 2.46 bits per heavy atom. The molecule has 2 heteroatoms. The fourth-order valence-corrected chi connectivity index (χ4v) is 1.76. The molecule has 2 unspecified atom stereocenters. The van der Waals surface area contributed by atoms with Gasteiger partial charge in [0, 0.05) is 0 Å². The Hall–Kier alpha value is -0.530. The maximum atomic E-state index is 11.7. The largest absolute Gasteiger partial charge is 0.459 e. The van der Waals surface area contributed by atoms with Crippen LogP contribution < -0.4 is 0 Å². The smallest absolute Gasteiger partial charge is 0.312 e. The van der Waals surface area contributed by atoms with Crippen LogP contribution in [0.1, 0.15) is 47.5 Å². The Labute approximate surface area is 80.7 Å². The first kappa shape index (κ1) is 10.6. The summed E-state index contributed by atoms with van der Waals surface area (Å²) in [5.74, 6) is 0.410. The fraction of sp³-hybridized carbons (Fsp3) is 0.909. The SMILES string of the molecule is CCC1(C)CC(C)C(C)(C)OC1=O. The van der Waals surface area contributed by atoms with Crippen molar-refractivity contribution in [2.75, 3.05) is 0 Å². The highest BCUT2D eigenvalue weighted by molar-refractivity contribution is 5.77. The van der Waals surface area contributed by atoms with Gasteiger partial charge in [0.05, 0.1) is 5.41 Å². The Balaban J connectivity index is 2.85. The van der Waals surface area contributed by atoms with Gasteiger partial charge in [-0.1, -0.05) is 13.8 Å². The number of cyclic esters (lactones) is 1. The van der Waals surface area contributed by atoms with Crippen molar-refractivity contribution in [3.05, 3.63) is 0 Å². The molecule has 0 aromatic carbocycles. The molecule has 0 aliphatic carbocycles. The van der Waals surface area contributed by atoms with Gasteiger partial charge < -0.3 is 4.74 Å². The molecule has 1 aliphatic rings. The van der Waals surface area contributed by atoms with E-state index < -0.39 is 0 Å². The van der Waals surface area contributed by atoms with Gasteiger partial charge in [0.2, 0.25) is 0 Å². The molecule has 1 rings (SSSR count). The van der Waals surface area contributed by atoms with E-state index >= 15 is 0 Å². The standard InChI is InChI=1S/C11H20O2/c1-6-11(5)7-8(2)10(3,4)13-9(11)12/h8H,6-7H2,1-5H3. The predicted molar refractivity (Wildman–Crippen MR) is 52.4 cm³/mol. The lowest BCUT2D eigenvalue weighted by molar-refractivity contribution is -0.188. The van der Waals surface area contributed by atoms with E-state index in [2.05, 4.69) is 6.92 Å². The lowest BCUT2D eigenvalue weighted by Gasteiger charge is -2.44. The molecule has 0 amide bonds. The highest BCUT2D eigenvalue weighted by atomic mass is 16.6. The molecule has 0 spiro atoms. The van der Waals surface area contributed by atoms with Crippen LogP contribution in [0, 0.1) is 11.3 Å². The fourth-order valence-electron chi connectivity index (χ4n) is 1.76. The van der Waals surface area contributed by atoms with E-state index in [-0.39, 0.29) is 17.0 Å². The van der Waals surface area contributed by atoms with E-state index in [0.29, 0.717) is 5.92 Å². The van der Waals surface area contributed by atoms with Crippen molar-refractivity contribution < 1.29 is 9.53 Å². The number of carbonyl (C=O) groups excluding carboxylic acids is 1. The van der Waals surface area contributed by atoms with E-state index in [0.717, 1.165) is 12.8 Å². The molecule has 76 valence electrons. The van der Waals surface area contributed by atoms with Crippen molar-refractivity contribution in [2.45, 2.75) is 53.1 Å². The van der Waals surface area contributed by atoms with Gasteiger partial charge in [-0.2, -0.15) is 0 Å². The predicted octanol–water partition coefficient (Wildman–Crippen LogP) is 2.76. The number of ether oxygens (including phenoxy) is 1. The Morgan fingerprint density at radius 2 is 2.00 bits per heavy atom. The highest BCUT2D eigenvalue weighted by Gasteiger charge is 2.46. The van der Waals surface area contributed by atoms with Crippen LogP contribution in [0.15, 0.2) is 0 Å². The minimum absolute atomic E-state index is 0.0295. The molecule has 1 saturated heterocycles. The van der Waals surface area contributed by atoms with Gasteiger partial charge in [0.15, 0.2) is 0 Å². The van der Waals surface area contributed by atoms with Crippen molar-refractivity contribution >= 4 is 5.97 Å². The van der Waals surface area contributed by atoms with Crippen molar-refractivity contribution in [3.63, 3.8) is 0 Å². The number of carbonyl (C=O) groups is 1. The first-order valence-electron chi connectivity index (χ1n) is 5.05. The second-order valence-corrected chi connectivity index (χ2v) is 5.01. The average molecular weight is 184 g/mol. The molecule has 0 bridgehead atoms. The van der Waals surface area contributed by atoms with Crippen LogP contribution in [0.4, 0.5) is 0 Å². The van der Waals surface area contributed by atoms with E-state index in [1.165, 1.54) is 0 Å². The molecule has 1 aliphatic heterocycles. The molecule has 1 fully saturated rings. The molecule has 0 N–H and O–H groups in total. The summed E-state index contributed by atoms with van der Waals surface area (Å²) < 4.78 is 5.45. The number of hydrogen-bond donors (Lipinski definition) is 0. The van der Waals surface area contributed by atoms with E-state index in [1.54, 1.807) is 0 Å². The summed E-state index contributed by atoms with van der Waals surface area (Å²) in [6.45, 7) is 10.2. The van der Waals surface area contributed by atoms with Crippen LogP contribution in [0.25, 0.3) is 0 Å². The van der Waals surface area contributed by atoms with Crippen LogP contribution >= 0.6 is 0 Å². The lowest BCUT2D eigenvalue weighted by atomic mass is 9.72. The number of rotatable bonds is 1. The van der Waals surface area contributed by atoms with Crippen LogP contribution in [-0.4, -0.2) is 11.6 Å². The summed E-state index contributed by atoms with van der Waals surface area (Å²) in [4.78, 5) is 11.7. The number of hydrogen-bond acceptors (Lipinski definition) is 2. The molecule has 2 nitrogen and oxygen atoms in total. The van der Waals surface area contributed by atoms with Crippen LogP contribution in [-0.2, 0) is 9.53 Å². The van der Waals surface area contributed by atoms with Gasteiger partial charge in [-0.25, -0.2) is 0 Å². The number of esters is 1. The molecular formula is C11H20O2. The maximum absolute atomic E-state index is 11.7. The van der Waals surface area contributed by atoms with Gasteiger partial charge in [-0.15, -0.1) is 0 Å². The van der Waals surface area contributed by atoms with Crippen molar-refractivity contribution in [1.29, 1.82) is 0 Å². The summed E-state index contributed by atoms with van der Waals surface area (Å²) in [6, 6.07) is 0. The normalized spacial score (nSPS) is 38.5. The van der Waals surface area contributed by atoms with Gasteiger partial charge >= 0.3 is 5.97 Å². The third kappa shape index (κ3) is 1.72. The minimum Gasteiger partial charge on any atom is -0.459 e.